The smallest absolute Gasteiger partial charge is 0.278 e. The Bertz CT molecular complexity index is 1130. The number of hydrogen-bond donors (Lipinski definition) is 4. The van der Waals surface area contributed by atoms with Crippen LogP contribution < -0.4 is 4.72 Å². The van der Waals surface area contributed by atoms with Crippen LogP contribution in [0.15, 0.2) is 34.7 Å². The van der Waals surface area contributed by atoms with E-state index in [9.17, 15) is 26.3 Å². The standard InChI is InChI=1S/C17H19F2N3O4S3/c18-16(19)13-9-12-11(3-6-20-17(12)21-13)14-1-2-15(27-14)29(25,26)22-10-4-7-28(23,24)8-5-10/h1-3,6,9-10,16,22-24H,4-5,7-8H2,(H,20,21). The fourth-order valence-electron chi connectivity index (χ4n) is 3.29. The predicted molar refractivity (Wildman–Crippen MR) is 110 cm³/mol. The van der Waals surface area contributed by atoms with Gasteiger partial charge < -0.3 is 4.98 Å². The molecular formula is C17H19F2N3O4S3. The maximum absolute atomic E-state index is 13.0. The molecule has 4 N–H and O–H groups in total. The average molecular weight is 464 g/mol. The van der Waals surface area contributed by atoms with Crippen LogP contribution in [0.5, 0.6) is 0 Å². The van der Waals surface area contributed by atoms with Gasteiger partial charge in [0.1, 0.15) is 9.86 Å². The Hall–Kier alpha value is -1.57. The van der Waals surface area contributed by atoms with Crippen molar-refractivity contribution in [3.8, 4) is 10.4 Å². The van der Waals surface area contributed by atoms with E-state index in [0.29, 0.717) is 34.3 Å². The second-order valence-electron chi connectivity index (χ2n) is 6.87. The SMILES string of the molecule is O=S(=O)(NC1CCS(O)(O)CC1)c1ccc(-c2ccnc3[nH]c(C(F)F)cc23)s1. The predicted octanol–water partition coefficient (Wildman–Crippen LogP) is 4.42. The van der Waals surface area contributed by atoms with E-state index >= 15 is 0 Å². The van der Waals surface area contributed by atoms with Crippen molar-refractivity contribution in [2.24, 2.45) is 0 Å². The van der Waals surface area contributed by atoms with Gasteiger partial charge in [-0.05, 0) is 37.1 Å². The number of aromatic amines is 1. The van der Waals surface area contributed by atoms with E-state index in [0.717, 1.165) is 11.3 Å². The summed E-state index contributed by atoms with van der Waals surface area (Å²) in [6.07, 6.45) is -0.445. The van der Waals surface area contributed by atoms with Gasteiger partial charge in [-0.1, -0.05) is 0 Å². The van der Waals surface area contributed by atoms with Crippen LogP contribution in [0.4, 0.5) is 8.78 Å². The van der Waals surface area contributed by atoms with Gasteiger partial charge in [0.15, 0.2) is 0 Å². The molecule has 1 fully saturated rings. The number of rotatable bonds is 5. The molecule has 0 saturated carbocycles. The minimum atomic E-state index is -3.77. The maximum Gasteiger partial charge on any atom is 0.278 e. The lowest BCUT2D eigenvalue weighted by Crippen LogP contribution is -2.39. The van der Waals surface area contributed by atoms with E-state index in [4.69, 9.17) is 0 Å². The number of aromatic nitrogens is 2. The summed E-state index contributed by atoms with van der Waals surface area (Å²) < 4.78 is 73.5. The molecule has 0 radical (unpaired) electrons. The number of H-pyrrole nitrogens is 1. The highest BCUT2D eigenvalue weighted by molar-refractivity contribution is 8.24. The van der Waals surface area contributed by atoms with Crippen molar-refractivity contribution in [2.45, 2.75) is 29.5 Å². The second-order valence-corrected chi connectivity index (χ2v) is 12.3. The Morgan fingerprint density at radius 1 is 1.24 bits per heavy atom. The number of nitrogens with one attached hydrogen (secondary N) is 2. The Balaban J connectivity index is 1.59. The van der Waals surface area contributed by atoms with Crippen molar-refractivity contribution >= 4 is 43.0 Å². The molecule has 1 aliphatic rings. The highest BCUT2D eigenvalue weighted by Gasteiger charge is 2.28. The third-order valence-electron chi connectivity index (χ3n) is 4.81. The number of thiophene rings is 1. The van der Waals surface area contributed by atoms with Gasteiger partial charge in [-0.3, -0.25) is 9.11 Å². The molecule has 0 bridgehead atoms. The molecule has 4 heterocycles. The third kappa shape index (κ3) is 4.32. The maximum atomic E-state index is 13.0. The van der Waals surface area contributed by atoms with Gasteiger partial charge >= 0.3 is 0 Å². The van der Waals surface area contributed by atoms with E-state index in [1.165, 1.54) is 18.3 Å². The van der Waals surface area contributed by atoms with Crippen molar-refractivity contribution in [3.05, 3.63) is 36.2 Å². The largest absolute Gasteiger partial charge is 0.338 e. The summed E-state index contributed by atoms with van der Waals surface area (Å²) in [5.74, 6) is 0.371. The van der Waals surface area contributed by atoms with Gasteiger partial charge in [-0.2, -0.15) is 10.6 Å². The van der Waals surface area contributed by atoms with E-state index in [2.05, 4.69) is 14.7 Å². The van der Waals surface area contributed by atoms with Crippen LogP contribution >= 0.6 is 21.9 Å². The first-order chi connectivity index (χ1) is 13.6. The summed E-state index contributed by atoms with van der Waals surface area (Å²) in [7, 11) is -6.36. The molecule has 158 valence electrons. The van der Waals surface area contributed by atoms with Crippen molar-refractivity contribution in [1.29, 1.82) is 0 Å². The van der Waals surface area contributed by atoms with Crippen molar-refractivity contribution in [1.82, 2.24) is 14.7 Å². The Morgan fingerprint density at radius 3 is 2.66 bits per heavy atom. The van der Waals surface area contributed by atoms with Gasteiger partial charge in [-0.25, -0.2) is 26.9 Å². The van der Waals surface area contributed by atoms with Crippen molar-refractivity contribution in [3.63, 3.8) is 0 Å². The number of pyridine rings is 1. The lowest BCUT2D eigenvalue weighted by atomic mass is 10.1. The summed E-state index contributed by atoms with van der Waals surface area (Å²) in [6.45, 7) is 0. The molecule has 0 unspecified atom stereocenters. The molecule has 0 aliphatic carbocycles. The molecule has 0 amide bonds. The first-order valence-corrected chi connectivity index (χ1v) is 12.9. The molecule has 4 rings (SSSR count). The van der Waals surface area contributed by atoms with Gasteiger partial charge in [0.2, 0.25) is 10.0 Å². The second kappa shape index (κ2) is 7.60. The van der Waals surface area contributed by atoms with E-state index < -0.39 is 27.0 Å². The summed E-state index contributed by atoms with van der Waals surface area (Å²) in [5, 5.41) is 0.499. The number of sulfonamides is 1. The van der Waals surface area contributed by atoms with Crippen molar-refractivity contribution < 1.29 is 26.3 Å². The summed E-state index contributed by atoms with van der Waals surface area (Å²) in [5.41, 5.74) is 0.695. The summed E-state index contributed by atoms with van der Waals surface area (Å²) in [4.78, 5) is 7.26. The zero-order chi connectivity index (χ0) is 20.8. The van der Waals surface area contributed by atoms with Crippen LogP contribution in [0, 0.1) is 0 Å². The third-order valence-corrected chi connectivity index (χ3v) is 9.72. The molecule has 12 heteroatoms. The van der Waals surface area contributed by atoms with Crippen LogP contribution in [0.2, 0.25) is 0 Å². The molecule has 7 nitrogen and oxygen atoms in total. The Morgan fingerprint density at radius 2 is 1.97 bits per heavy atom. The van der Waals surface area contributed by atoms with Gasteiger partial charge in [0.25, 0.3) is 6.43 Å². The Kier molecular flexibility index (Phi) is 5.42. The van der Waals surface area contributed by atoms with Crippen LogP contribution in [0.25, 0.3) is 21.5 Å². The van der Waals surface area contributed by atoms with Gasteiger partial charge in [-0.15, -0.1) is 11.3 Å². The highest BCUT2D eigenvalue weighted by Crippen LogP contribution is 2.44. The van der Waals surface area contributed by atoms with Gasteiger partial charge in [0, 0.05) is 39.6 Å². The van der Waals surface area contributed by atoms with E-state index in [-0.39, 0.29) is 27.5 Å². The molecule has 29 heavy (non-hydrogen) atoms. The summed E-state index contributed by atoms with van der Waals surface area (Å²) >= 11 is 1.04. The quantitative estimate of drug-likeness (QED) is 0.447. The zero-order valence-corrected chi connectivity index (χ0v) is 17.5. The zero-order valence-electron chi connectivity index (χ0n) is 15.0. The van der Waals surface area contributed by atoms with E-state index in [1.807, 2.05) is 0 Å². The lowest BCUT2D eigenvalue weighted by Gasteiger charge is -2.39. The summed E-state index contributed by atoms with van der Waals surface area (Å²) in [6, 6.07) is 5.75. The number of nitrogens with zero attached hydrogens (tertiary/aromatic N) is 1. The minimum absolute atomic E-state index is 0.110. The number of alkyl halides is 2. The molecule has 0 atom stereocenters. The molecule has 3 aromatic rings. The Labute approximate surface area is 171 Å². The number of fused-ring (bicyclic) bond motifs is 1. The van der Waals surface area contributed by atoms with Crippen molar-refractivity contribution in [2.75, 3.05) is 11.5 Å². The normalized spacial score (nSPS) is 19.1. The van der Waals surface area contributed by atoms with Crippen LogP contribution in [0.3, 0.4) is 0 Å². The highest BCUT2D eigenvalue weighted by atomic mass is 32.3. The average Bonchev–Trinajstić information content (AvgIpc) is 3.30. The first kappa shape index (κ1) is 20.7. The fourth-order valence-corrected chi connectivity index (χ4v) is 7.49. The van der Waals surface area contributed by atoms with Crippen LogP contribution in [-0.4, -0.2) is 45.0 Å². The van der Waals surface area contributed by atoms with Gasteiger partial charge in [0.05, 0.1) is 5.69 Å². The number of hydrogen-bond acceptors (Lipinski definition) is 6. The minimum Gasteiger partial charge on any atom is -0.338 e. The molecule has 1 saturated heterocycles. The van der Waals surface area contributed by atoms with E-state index in [1.54, 1.807) is 12.1 Å². The van der Waals surface area contributed by atoms with Crippen LogP contribution in [0.1, 0.15) is 25.0 Å². The molecule has 0 aromatic carbocycles. The topological polar surface area (TPSA) is 115 Å². The fraction of sp³-hybridized carbons (Fsp3) is 0.353. The molecule has 1 aliphatic heterocycles. The monoisotopic (exact) mass is 463 g/mol. The molecule has 3 aromatic heterocycles. The molecule has 0 spiro atoms. The van der Waals surface area contributed by atoms with Crippen LogP contribution in [-0.2, 0) is 10.0 Å². The molecular weight excluding hydrogens is 444 g/mol. The first-order valence-electron chi connectivity index (χ1n) is 8.76. The lowest BCUT2D eigenvalue weighted by molar-refractivity contribution is 0.147. The number of halogens is 2.